The van der Waals surface area contributed by atoms with Gasteiger partial charge in [-0.2, -0.15) is 0 Å². The van der Waals surface area contributed by atoms with Gasteiger partial charge < -0.3 is 15.3 Å². The van der Waals surface area contributed by atoms with Crippen molar-refractivity contribution in [2.45, 2.75) is 51.1 Å². The summed E-state index contributed by atoms with van der Waals surface area (Å²) in [5.74, 6) is 0.567. The molecule has 0 aromatic rings. The Morgan fingerprint density at radius 3 is 2.71 bits per heavy atom. The normalized spacial score (nSPS) is 28.4. The lowest BCUT2D eigenvalue weighted by molar-refractivity contribution is -0.130. The fourth-order valence-electron chi connectivity index (χ4n) is 2.87. The minimum Gasteiger partial charge on any atom is -0.396 e. The average molecular weight is 240 g/mol. The van der Waals surface area contributed by atoms with Crippen LogP contribution in [0.4, 0.5) is 0 Å². The molecular weight excluding hydrogens is 216 g/mol. The fourth-order valence-corrected chi connectivity index (χ4v) is 2.87. The molecule has 4 heteroatoms. The number of rotatable bonds is 6. The van der Waals surface area contributed by atoms with Crippen LogP contribution in [0.5, 0.6) is 0 Å². The first-order valence-corrected chi connectivity index (χ1v) is 6.90. The van der Waals surface area contributed by atoms with Gasteiger partial charge in [0.15, 0.2) is 0 Å². The van der Waals surface area contributed by atoms with Crippen LogP contribution < -0.4 is 5.32 Å². The zero-order valence-electron chi connectivity index (χ0n) is 10.7. The molecule has 17 heavy (non-hydrogen) atoms. The Labute approximate surface area is 103 Å². The van der Waals surface area contributed by atoms with Crippen LogP contribution in [-0.2, 0) is 4.79 Å². The molecule has 98 valence electrons. The molecule has 2 N–H and O–H groups in total. The number of aliphatic hydroxyl groups is 1. The van der Waals surface area contributed by atoms with E-state index in [9.17, 15) is 9.90 Å². The van der Waals surface area contributed by atoms with E-state index in [4.69, 9.17) is 0 Å². The van der Waals surface area contributed by atoms with E-state index in [1.54, 1.807) is 0 Å². The van der Waals surface area contributed by atoms with E-state index in [2.05, 4.69) is 5.32 Å². The average Bonchev–Trinajstić information content (AvgIpc) is 3.06. The number of nitrogens with one attached hydrogen (secondary N) is 1. The first kappa shape index (κ1) is 12.8. The molecule has 0 heterocycles. The van der Waals surface area contributed by atoms with Gasteiger partial charge in [-0.1, -0.05) is 6.42 Å². The van der Waals surface area contributed by atoms with E-state index in [-0.39, 0.29) is 12.5 Å². The summed E-state index contributed by atoms with van der Waals surface area (Å²) in [5, 5.41) is 12.5. The largest absolute Gasteiger partial charge is 0.396 e. The van der Waals surface area contributed by atoms with Gasteiger partial charge in [0.05, 0.1) is 6.54 Å². The van der Waals surface area contributed by atoms with Crippen LogP contribution in [0.2, 0.25) is 0 Å². The molecule has 1 amide bonds. The first-order chi connectivity index (χ1) is 8.26. The molecule has 2 unspecified atom stereocenters. The highest BCUT2D eigenvalue weighted by molar-refractivity contribution is 5.78. The van der Waals surface area contributed by atoms with Crippen molar-refractivity contribution in [3.63, 3.8) is 0 Å². The second-order valence-electron chi connectivity index (χ2n) is 5.27. The summed E-state index contributed by atoms with van der Waals surface area (Å²) in [7, 11) is 0. The molecule has 2 saturated carbocycles. The highest BCUT2D eigenvalue weighted by Gasteiger charge is 2.32. The SMILES string of the molecule is CCN(C(=O)CNC1CCCC1CO)C1CC1. The van der Waals surface area contributed by atoms with Crippen LogP contribution in [0.3, 0.4) is 0 Å². The number of nitrogens with zero attached hydrogens (tertiary/aromatic N) is 1. The van der Waals surface area contributed by atoms with Crippen molar-refractivity contribution in [2.24, 2.45) is 5.92 Å². The quantitative estimate of drug-likeness (QED) is 0.720. The van der Waals surface area contributed by atoms with E-state index >= 15 is 0 Å². The third-order valence-electron chi connectivity index (χ3n) is 4.06. The number of likely N-dealkylation sites (N-methyl/N-ethyl adjacent to an activating group) is 1. The zero-order valence-corrected chi connectivity index (χ0v) is 10.7. The third-order valence-corrected chi connectivity index (χ3v) is 4.06. The number of hydrogen-bond acceptors (Lipinski definition) is 3. The van der Waals surface area contributed by atoms with Crippen molar-refractivity contribution >= 4 is 5.91 Å². The van der Waals surface area contributed by atoms with Crippen molar-refractivity contribution in [3.8, 4) is 0 Å². The van der Waals surface area contributed by atoms with Gasteiger partial charge >= 0.3 is 0 Å². The maximum Gasteiger partial charge on any atom is 0.236 e. The van der Waals surface area contributed by atoms with Gasteiger partial charge in [0, 0.05) is 25.2 Å². The molecule has 0 saturated heterocycles. The number of aliphatic hydroxyl groups excluding tert-OH is 1. The van der Waals surface area contributed by atoms with Crippen LogP contribution in [0.15, 0.2) is 0 Å². The van der Waals surface area contributed by atoms with Gasteiger partial charge in [0.25, 0.3) is 0 Å². The van der Waals surface area contributed by atoms with Crippen molar-refractivity contribution in [3.05, 3.63) is 0 Å². The molecule has 2 fully saturated rings. The molecule has 0 aromatic carbocycles. The lowest BCUT2D eigenvalue weighted by Crippen LogP contribution is -2.44. The Morgan fingerprint density at radius 1 is 1.35 bits per heavy atom. The molecule has 4 nitrogen and oxygen atoms in total. The monoisotopic (exact) mass is 240 g/mol. The summed E-state index contributed by atoms with van der Waals surface area (Å²) in [6, 6.07) is 0.841. The minimum absolute atomic E-state index is 0.221. The summed E-state index contributed by atoms with van der Waals surface area (Å²) < 4.78 is 0. The van der Waals surface area contributed by atoms with Crippen LogP contribution in [-0.4, -0.2) is 47.7 Å². The van der Waals surface area contributed by atoms with Gasteiger partial charge in [0.1, 0.15) is 0 Å². The Kier molecular flexibility index (Phi) is 4.40. The van der Waals surface area contributed by atoms with E-state index in [1.165, 1.54) is 12.8 Å². The zero-order chi connectivity index (χ0) is 12.3. The molecule has 0 spiro atoms. The third kappa shape index (κ3) is 3.19. The van der Waals surface area contributed by atoms with Crippen LogP contribution in [0.25, 0.3) is 0 Å². The van der Waals surface area contributed by atoms with E-state index in [0.29, 0.717) is 24.5 Å². The Balaban J connectivity index is 1.75. The van der Waals surface area contributed by atoms with Crippen LogP contribution in [0, 0.1) is 5.92 Å². The predicted octanol–water partition coefficient (Wildman–Crippen LogP) is 0.748. The first-order valence-electron chi connectivity index (χ1n) is 6.90. The highest BCUT2D eigenvalue weighted by atomic mass is 16.3. The van der Waals surface area contributed by atoms with E-state index in [0.717, 1.165) is 25.8 Å². The number of hydrogen-bond donors (Lipinski definition) is 2. The summed E-state index contributed by atoms with van der Waals surface area (Å²) in [6.07, 6.45) is 5.68. The molecule has 0 bridgehead atoms. The van der Waals surface area contributed by atoms with Crippen molar-refractivity contribution < 1.29 is 9.90 Å². The smallest absolute Gasteiger partial charge is 0.236 e. The molecular formula is C13H24N2O2. The maximum atomic E-state index is 12.0. The van der Waals surface area contributed by atoms with E-state index in [1.807, 2.05) is 11.8 Å². The Hall–Kier alpha value is -0.610. The fraction of sp³-hybridized carbons (Fsp3) is 0.923. The molecule has 2 aliphatic rings. The van der Waals surface area contributed by atoms with Gasteiger partial charge in [-0.3, -0.25) is 4.79 Å². The van der Waals surface area contributed by atoms with Gasteiger partial charge in [-0.05, 0) is 38.5 Å². The molecule has 0 radical (unpaired) electrons. The summed E-state index contributed by atoms with van der Waals surface area (Å²) in [4.78, 5) is 14.0. The summed E-state index contributed by atoms with van der Waals surface area (Å²) in [5.41, 5.74) is 0. The standard InChI is InChI=1S/C13H24N2O2/c1-2-15(11-6-7-11)13(17)8-14-12-5-3-4-10(12)9-16/h10-12,14,16H,2-9H2,1H3. The van der Waals surface area contributed by atoms with Gasteiger partial charge in [-0.25, -0.2) is 0 Å². The van der Waals surface area contributed by atoms with Crippen LogP contribution >= 0.6 is 0 Å². The minimum atomic E-state index is 0.221. The second kappa shape index (κ2) is 5.83. The Bertz CT molecular complexity index is 266. The lowest BCUT2D eigenvalue weighted by Gasteiger charge is -2.23. The van der Waals surface area contributed by atoms with Gasteiger partial charge in [-0.15, -0.1) is 0 Å². The molecule has 0 aromatic heterocycles. The van der Waals surface area contributed by atoms with Crippen molar-refractivity contribution in [2.75, 3.05) is 19.7 Å². The maximum absolute atomic E-state index is 12.0. The predicted molar refractivity (Wildman–Crippen MR) is 66.6 cm³/mol. The lowest BCUT2D eigenvalue weighted by atomic mass is 10.1. The topological polar surface area (TPSA) is 52.6 Å². The van der Waals surface area contributed by atoms with Crippen molar-refractivity contribution in [1.29, 1.82) is 0 Å². The van der Waals surface area contributed by atoms with Gasteiger partial charge in [0.2, 0.25) is 5.91 Å². The van der Waals surface area contributed by atoms with Crippen LogP contribution in [0.1, 0.15) is 39.0 Å². The molecule has 2 aliphatic carbocycles. The van der Waals surface area contributed by atoms with Crippen molar-refractivity contribution in [1.82, 2.24) is 10.2 Å². The number of carbonyl (C=O) groups is 1. The number of amides is 1. The molecule has 0 aliphatic heterocycles. The van der Waals surface area contributed by atoms with E-state index < -0.39 is 0 Å². The summed E-state index contributed by atoms with van der Waals surface area (Å²) >= 11 is 0. The highest BCUT2D eigenvalue weighted by Crippen LogP contribution is 2.27. The molecule has 2 rings (SSSR count). The number of carbonyl (C=O) groups excluding carboxylic acids is 1. The molecule has 2 atom stereocenters. The summed E-state index contributed by atoms with van der Waals surface area (Å²) in [6.45, 7) is 3.54. The second-order valence-corrected chi connectivity index (χ2v) is 5.27. The Morgan fingerprint density at radius 2 is 2.12 bits per heavy atom.